The van der Waals surface area contributed by atoms with Crippen molar-refractivity contribution in [2.75, 3.05) is 6.54 Å². The van der Waals surface area contributed by atoms with Crippen LogP contribution in [0.15, 0.2) is 28.0 Å². The number of hydrogen-bond acceptors (Lipinski definition) is 3. The number of halogens is 1. The molecule has 0 bridgehead atoms. The highest BCUT2D eigenvalue weighted by Gasteiger charge is 2.28. The summed E-state index contributed by atoms with van der Waals surface area (Å²) in [6.45, 7) is 0.442. The van der Waals surface area contributed by atoms with Crippen molar-refractivity contribution < 1.29 is 12.8 Å². The van der Waals surface area contributed by atoms with Crippen LogP contribution in [0.3, 0.4) is 0 Å². The molecule has 1 aliphatic heterocycles. The summed E-state index contributed by atoms with van der Waals surface area (Å²) >= 11 is 0. The van der Waals surface area contributed by atoms with E-state index >= 15 is 0 Å². The van der Waals surface area contributed by atoms with Gasteiger partial charge in [-0.3, -0.25) is 0 Å². The topological polar surface area (TPSA) is 60.2 Å². The summed E-state index contributed by atoms with van der Waals surface area (Å²) in [7, 11) is -3.40. The van der Waals surface area contributed by atoms with Crippen LogP contribution >= 0.6 is 0 Å². The normalized spacial score (nSPS) is 17.0. The maximum Gasteiger partial charge on any atom is 0.203 e. The second kappa shape index (κ2) is 3.99. The summed E-state index contributed by atoms with van der Waals surface area (Å²) in [4.78, 5) is 0.527. The number of fused-ring (bicyclic) bond motifs is 1. The molecule has 0 aromatic heterocycles. The molecule has 0 spiro atoms. The summed E-state index contributed by atoms with van der Waals surface area (Å²) in [6.07, 6.45) is 2.56. The quantitative estimate of drug-likeness (QED) is 0.819. The predicted octanol–water partition coefficient (Wildman–Crippen LogP) is 1.69. The minimum atomic E-state index is -3.40. The second-order valence-corrected chi connectivity index (χ2v) is 5.66. The van der Waals surface area contributed by atoms with E-state index in [1.165, 1.54) is 18.2 Å². The highest BCUT2D eigenvalue weighted by atomic mass is 32.2. The Balaban J connectivity index is 2.44. The lowest BCUT2D eigenvalue weighted by Gasteiger charge is -2.02. The molecule has 2 rings (SSSR count). The average molecular weight is 241 g/mol. The van der Waals surface area contributed by atoms with Gasteiger partial charge in [0.25, 0.3) is 0 Å². The van der Waals surface area contributed by atoms with E-state index in [4.69, 9.17) is 5.73 Å². The van der Waals surface area contributed by atoms with Gasteiger partial charge >= 0.3 is 0 Å². The predicted molar refractivity (Wildman–Crippen MR) is 59.9 cm³/mol. The van der Waals surface area contributed by atoms with E-state index in [0.29, 0.717) is 29.9 Å². The molecule has 5 heteroatoms. The lowest BCUT2D eigenvalue weighted by atomic mass is 10.2. The number of hydrogen-bond donors (Lipinski definition) is 1. The Morgan fingerprint density at radius 1 is 1.31 bits per heavy atom. The Morgan fingerprint density at radius 3 is 2.75 bits per heavy atom. The number of nitrogens with two attached hydrogens (primary N) is 1. The van der Waals surface area contributed by atoms with Gasteiger partial charge in [-0.05, 0) is 49.2 Å². The molecule has 2 N–H and O–H groups in total. The number of sulfone groups is 1. The Bertz CT molecular complexity index is 549. The van der Waals surface area contributed by atoms with Crippen LogP contribution in [0.25, 0.3) is 6.08 Å². The Labute approximate surface area is 93.7 Å². The zero-order valence-corrected chi connectivity index (χ0v) is 9.43. The van der Waals surface area contributed by atoms with E-state index in [2.05, 4.69) is 0 Å². The zero-order valence-electron chi connectivity index (χ0n) is 8.61. The Kier molecular flexibility index (Phi) is 2.82. The van der Waals surface area contributed by atoms with E-state index < -0.39 is 15.7 Å². The van der Waals surface area contributed by atoms with Crippen molar-refractivity contribution in [3.8, 4) is 0 Å². The highest BCUT2D eigenvalue weighted by Crippen LogP contribution is 2.35. The molecular weight excluding hydrogens is 229 g/mol. The lowest BCUT2D eigenvalue weighted by molar-refractivity contribution is 0.599. The molecule has 0 saturated heterocycles. The van der Waals surface area contributed by atoms with Crippen molar-refractivity contribution in [1.82, 2.24) is 0 Å². The van der Waals surface area contributed by atoms with Crippen LogP contribution in [-0.2, 0) is 9.84 Å². The largest absolute Gasteiger partial charge is 0.330 e. The molecule has 1 aromatic rings. The average Bonchev–Trinajstić information content (AvgIpc) is 2.47. The molecule has 0 radical (unpaired) electrons. The maximum absolute atomic E-state index is 12.9. The van der Waals surface area contributed by atoms with Crippen LogP contribution in [0.1, 0.15) is 18.4 Å². The van der Waals surface area contributed by atoms with Crippen molar-refractivity contribution in [3.63, 3.8) is 0 Å². The van der Waals surface area contributed by atoms with Gasteiger partial charge in [-0.2, -0.15) is 0 Å². The van der Waals surface area contributed by atoms with Crippen molar-refractivity contribution in [2.24, 2.45) is 5.73 Å². The minimum Gasteiger partial charge on any atom is -0.330 e. The van der Waals surface area contributed by atoms with E-state index in [1.54, 1.807) is 0 Å². The summed E-state index contributed by atoms with van der Waals surface area (Å²) in [5.74, 6) is -0.426. The van der Waals surface area contributed by atoms with Crippen molar-refractivity contribution in [3.05, 3.63) is 34.5 Å². The first kappa shape index (κ1) is 11.3. The Morgan fingerprint density at radius 2 is 2.06 bits per heavy atom. The van der Waals surface area contributed by atoms with Crippen molar-refractivity contribution >= 4 is 15.9 Å². The molecule has 0 atom stereocenters. The molecular formula is C11H12FNO2S. The summed E-state index contributed by atoms with van der Waals surface area (Å²) in [6, 6.07) is 3.71. The van der Waals surface area contributed by atoms with Crippen LogP contribution < -0.4 is 5.73 Å². The second-order valence-electron chi connectivity index (χ2n) is 3.69. The zero-order chi connectivity index (χ0) is 11.8. The standard InChI is InChI=1S/C11H12FNO2S/c12-9-3-4-11-8(6-9)7-10(2-1-5-13)16(11,14)15/h3-4,6-7H,1-2,5,13H2. The van der Waals surface area contributed by atoms with Gasteiger partial charge in [-0.1, -0.05) is 0 Å². The highest BCUT2D eigenvalue weighted by molar-refractivity contribution is 7.95. The minimum absolute atomic E-state index is 0.195. The third-order valence-corrected chi connectivity index (χ3v) is 4.51. The van der Waals surface area contributed by atoms with Gasteiger partial charge in [0.2, 0.25) is 9.84 Å². The summed E-state index contributed by atoms with van der Waals surface area (Å²) in [5.41, 5.74) is 5.78. The first-order chi connectivity index (χ1) is 7.55. The fraction of sp³-hybridized carbons (Fsp3) is 0.273. The van der Waals surface area contributed by atoms with Gasteiger partial charge in [-0.15, -0.1) is 0 Å². The summed E-state index contributed by atoms with van der Waals surface area (Å²) in [5, 5.41) is 0. The third kappa shape index (κ3) is 1.76. The van der Waals surface area contributed by atoms with Crippen LogP contribution in [-0.4, -0.2) is 15.0 Å². The fourth-order valence-corrected chi connectivity index (χ4v) is 3.40. The molecule has 0 amide bonds. The van der Waals surface area contributed by atoms with Crippen LogP contribution in [0, 0.1) is 5.82 Å². The van der Waals surface area contributed by atoms with Crippen LogP contribution in [0.4, 0.5) is 4.39 Å². The lowest BCUT2D eigenvalue weighted by Crippen LogP contribution is -2.04. The molecule has 1 aromatic carbocycles. The molecule has 0 unspecified atom stereocenters. The molecule has 86 valence electrons. The first-order valence-corrected chi connectivity index (χ1v) is 6.49. The fourth-order valence-electron chi connectivity index (χ4n) is 1.75. The number of rotatable bonds is 3. The van der Waals surface area contributed by atoms with Crippen molar-refractivity contribution in [2.45, 2.75) is 17.7 Å². The number of allylic oxidation sites excluding steroid dienone is 1. The number of benzene rings is 1. The van der Waals surface area contributed by atoms with E-state index in [1.807, 2.05) is 0 Å². The molecule has 0 saturated carbocycles. The van der Waals surface area contributed by atoms with Gasteiger partial charge < -0.3 is 5.73 Å². The van der Waals surface area contributed by atoms with E-state index in [0.717, 1.165) is 6.07 Å². The molecule has 0 aliphatic carbocycles. The smallest absolute Gasteiger partial charge is 0.203 e. The van der Waals surface area contributed by atoms with Gasteiger partial charge in [-0.25, -0.2) is 12.8 Å². The maximum atomic E-state index is 12.9. The Hall–Kier alpha value is -1.20. The third-order valence-electron chi connectivity index (χ3n) is 2.55. The molecule has 1 heterocycles. The molecule has 0 fully saturated rings. The van der Waals surface area contributed by atoms with Crippen LogP contribution in [0.2, 0.25) is 0 Å². The molecule has 3 nitrogen and oxygen atoms in total. The van der Waals surface area contributed by atoms with Crippen molar-refractivity contribution in [1.29, 1.82) is 0 Å². The SMILES string of the molecule is NCCCC1=Cc2cc(F)ccc2S1(=O)=O. The van der Waals surface area contributed by atoms with Crippen LogP contribution in [0.5, 0.6) is 0 Å². The van der Waals surface area contributed by atoms with E-state index in [9.17, 15) is 12.8 Å². The molecule has 1 aliphatic rings. The van der Waals surface area contributed by atoms with Gasteiger partial charge in [0.1, 0.15) is 5.82 Å². The monoisotopic (exact) mass is 241 g/mol. The first-order valence-electron chi connectivity index (χ1n) is 5.01. The van der Waals surface area contributed by atoms with E-state index in [-0.39, 0.29) is 4.90 Å². The van der Waals surface area contributed by atoms with Gasteiger partial charge in [0.15, 0.2) is 0 Å². The van der Waals surface area contributed by atoms with Gasteiger partial charge in [0.05, 0.1) is 4.90 Å². The summed E-state index contributed by atoms with van der Waals surface area (Å²) < 4.78 is 36.9. The molecule has 16 heavy (non-hydrogen) atoms. The van der Waals surface area contributed by atoms with Gasteiger partial charge in [0, 0.05) is 4.91 Å².